The molecule has 1 aliphatic heterocycles. The molecule has 1 saturated carbocycles. The number of nitrogens with zero attached hydrogens (tertiary/aromatic N) is 1. The number of ether oxygens (including phenoxy) is 1. The van der Waals surface area contributed by atoms with Gasteiger partial charge in [0.15, 0.2) is 11.6 Å². The molecular formula is C23H21Cl2F3N2O. The summed E-state index contributed by atoms with van der Waals surface area (Å²) in [7, 11) is 0. The van der Waals surface area contributed by atoms with Gasteiger partial charge < -0.3 is 4.74 Å². The standard InChI is InChI=1S/C23H21Cl2F3N2O/c1-13-6-9-17(18(24)10-13)23(27,28)12-30-22(25)14(2)11-20(29-30)31-19-5-3-4-16(21(19)26)15-7-8-15/h3-6,9-11,15,29H,7-8,12H2,1-2H3. The van der Waals surface area contributed by atoms with Crippen molar-refractivity contribution < 1.29 is 17.9 Å². The van der Waals surface area contributed by atoms with E-state index in [1.165, 1.54) is 18.2 Å². The highest BCUT2D eigenvalue weighted by Crippen LogP contribution is 2.43. The van der Waals surface area contributed by atoms with Gasteiger partial charge in [-0.2, -0.15) is 8.78 Å². The monoisotopic (exact) mass is 468 g/mol. The van der Waals surface area contributed by atoms with E-state index in [2.05, 4.69) is 5.43 Å². The number of benzene rings is 2. The minimum absolute atomic E-state index is 0.0233. The van der Waals surface area contributed by atoms with Crippen molar-refractivity contribution in [3.05, 3.63) is 86.6 Å². The lowest BCUT2D eigenvalue weighted by Gasteiger charge is -2.33. The number of hydrazine groups is 1. The van der Waals surface area contributed by atoms with Gasteiger partial charge >= 0.3 is 0 Å². The van der Waals surface area contributed by atoms with Gasteiger partial charge in [0.25, 0.3) is 5.92 Å². The van der Waals surface area contributed by atoms with Gasteiger partial charge in [-0.1, -0.05) is 47.5 Å². The summed E-state index contributed by atoms with van der Waals surface area (Å²) >= 11 is 12.3. The van der Waals surface area contributed by atoms with Crippen LogP contribution in [-0.4, -0.2) is 11.6 Å². The van der Waals surface area contributed by atoms with Crippen LogP contribution in [0.25, 0.3) is 0 Å². The molecule has 0 saturated heterocycles. The van der Waals surface area contributed by atoms with Crippen molar-refractivity contribution in [1.82, 2.24) is 10.4 Å². The number of halogens is 5. The Bertz CT molecular complexity index is 1080. The van der Waals surface area contributed by atoms with Crippen LogP contribution in [0.1, 0.15) is 42.4 Å². The highest BCUT2D eigenvalue weighted by Gasteiger charge is 2.38. The summed E-state index contributed by atoms with van der Waals surface area (Å²) < 4.78 is 50.5. The maximum Gasteiger partial charge on any atom is 0.293 e. The molecule has 164 valence electrons. The Morgan fingerprint density at radius 1 is 1.16 bits per heavy atom. The summed E-state index contributed by atoms with van der Waals surface area (Å²) in [5, 5.41) is 1.14. The molecule has 1 N–H and O–H groups in total. The van der Waals surface area contributed by atoms with Gasteiger partial charge in [-0.3, -0.25) is 10.4 Å². The Morgan fingerprint density at radius 3 is 2.58 bits per heavy atom. The van der Waals surface area contributed by atoms with E-state index >= 15 is 8.78 Å². The maximum absolute atomic E-state index is 15.0. The summed E-state index contributed by atoms with van der Waals surface area (Å²) in [6.45, 7) is 2.64. The molecule has 2 aromatic rings. The first-order chi connectivity index (χ1) is 14.7. The number of aryl methyl sites for hydroxylation is 1. The average molecular weight is 469 g/mol. The fraction of sp³-hybridized carbons (Fsp3) is 0.304. The van der Waals surface area contributed by atoms with Crippen LogP contribution in [0.5, 0.6) is 5.75 Å². The Kier molecular flexibility index (Phi) is 5.88. The highest BCUT2D eigenvalue weighted by molar-refractivity contribution is 6.31. The van der Waals surface area contributed by atoms with Crippen molar-refractivity contribution in [2.45, 2.75) is 38.5 Å². The lowest BCUT2D eigenvalue weighted by atomic mass is 10.1. The predicted octanol–water partition coefficient (Wildman–Crippen LogP) is 6.97. The first-order valence-electron chi connectivity index (χ1n) is 9.88. The molecule has 0 amide bonds. The van der Waals surface area contributed by atoms with E-state index in [-0.39, 0.29) is 33.3 Å². The molecule has 8 heteroatoms. The van der Waals surface area contributed by atoms with Gasteiger partial charge in [0.1, 0.15) is 11.7 Å². The van der Waals surface area contributed by atoms with Gasteiger partial charge in [0.05, 0.1) is 5.02 Å². The zero-order chi connectivity index (χ0) is 22.3. The minimum Gasteiger partial charge on any atom is -0.437 e. The molecule has 1 aliphatic carbocycles. The first-order valence-corrected chi connectivity index (χ1v) is 10.6. The smallest absolute Gasteiger partial charge is 0.293 e. The van der Waals surface area contributed by atoms with Crippen molar-refractivity contribution in [1.29, 1.82) is 0 Å². The number of alkyl halides is 2. The van der Waals surface area contributed by atoms with Crippen molar-refractivity contribution in [3.63, 3.8) is 0 Å². The van der Waals surface area contributed by atoms with Gasteiger partial charge in [-0.15, -0.1) is 0 Å². The zero-order valence-electron chi connectivity index (χ0n) is 17.0. The third kappa shape index (κ3) is 4.65. The zero-order valence-corrected chi connectivity index (χ0v) is 18.5. The Balaban J connectivity index is 1.55. The van der Waals surface area contributed by atoms with Crippen molar-refractivity contribution in [2.24, 2.45) is 0 Å². The molecular weight excluding hydrogens is 448 g/mol. The molecule has 2 aliphatic rings. The number of hydrogen-bond donors (Lipinski definition) is 1. The van der Waals surface area contributed by atoms with Crippen molar-refractivity contribution >= 4 is 23.2 Å². The van der Waals surface area contributed by atoms with Crippen LogP contribution >= 0.6 is 23.2 Å². The molecule has 4 rings (SSSR count). The lowest BCUT2D eigenvalue weighted by Crippen LogP contribution is -2.45. The molecule has 0 atom stereocenters. The average Bonchev–Trinajstić information content (AvgIpc) is 3.52. The second-order valence-corrected chi connectivity index (χ2v) is 8.67. The Morgan fingerprint density at radius 2 is 1.90 bits per heavy atom. The Hall–Kier alpha value is -2.31. The minimum atomic E-state index is -3.31. The number of rotatable bonds is 6. The summed E-state index contributed by atoms with van der Waals surface area (Å²) in [6.07, 6.45) is 3.44. The Labute approximate surface area is 189 Å². The highest BCUT2D eigenvalue weighted by atomic mass is 35.5. The third-order valence-corrected chi connectivity index (χ3v) is 6.08. The molecule has 0 aromatic heterocycles. The van der Waals surface area contributed by atoms with Gasteiger partial charge in [-0.05, 0) is 61.4 Å². The summed E-state index contributed by atoms with van der Waals surface area (Å²) in [5.41, 5.74) is 4.31. The van der Waals surface area contributed by atoms with Crippen LogP contribution in [0.4, 0.5) is 13.2 Å². The van der Waals surface area contributed by atoms with E-state index in [4.69, 9.17) is 27.9 Å². The summed E-state index contributed by atoms with van der Waals surface area (Å²) in [4.78, 5) is 0. The van der Waals surface area contributed by atoms with E-state index in [9.17, 15) is 4.39 Å². The summed E-state index contributed by atoms with van der Waals surface area (Å²) in [5.74, 6) is -3.41. The second kappa shape index (κ2) is 8.32. The summed E-state index contributed by atoms with van der Waals surface area (Å²) in [6, 6.07) is 9.33. The SMILES string of the molecule is CC1=C(Cl)N(CC(F)(F)c2ccc(C)cc2Cl)NC(Oc2cccc(C3CC3)c2F)=C1. The van der Waals surface area contributed by atoms with E-state index in [1.54, 1.807) is 38.1 Å². The van der Waals surface area contributed by atoms with Gasteiger partial charge in [-0.25, -0.2) is 4.39 Å². The van der Waals surface area contributed by atoms with Gasteiger partial charge in [0, 0.05) is 11.6 Å². The van der Waals surface area contributed by atoms with E-state index in [1.807, 2.05) is 0 Å². The maximum atomic E-state index is 15.0. The lowest BCUT2D eigenvalue weighted by molar-refractivity contribution is -0.0396. The quantitative estimate of drug-likeness (QED) is 0.463. The molecule has 0 unspecified atom stereocenters. The second-order valence-electron chi connectivity index (χ2n) is 7.90. The molecule has 3 nitrogen and oxygen atoms in total. The normalized spacial score (nSPS) is 16.9. The van der Waals surface area contributed by atoms with Crippen molar-refractivity contribution in [3.8, 4) is 5.75 Å². The van der Waals surface area contributed by atoms with Crippen LogP contribution in [0, 0.1) is 12.7 Å². The largest absolute Gasteiger partial charge is 0.437 e. The molecule has 1 heterocycles. The molecule has 0 radical (unpaired) electrons. The fourth-order valence-corrected chi connectivity index (χ4v) is 4.01. The van der Waals surface area contributed by atoms with Crippen LogP contribution in [-0.2, 0) is 5.92 Å². The molecule has 0 bridgehead atoms. The van der Waals surface area contributed by atoms with Crippen LogP contribution in [0.2, 0.25) is 5.02 Å². The van der Waals surface area contributed by atoms with Gasteiger partial charge in [0.2, 0.25) is 5.88 Å². The number of nitrogens with one attached hydrogen (secondary N) is 1. The topological polar surface area (TPSA) is 24.5 Å². The third-order valence-electron chi connectivity index (χ3n) is 5.26. The number of allylic oxidation sites excluding steroid dienone is 2. The molecule has 31 heavy (non-hydrogen) atoms. The molecule has 1 fully saturated rings. The van der Waals surface area contributed by atoms with Crippen LogP contribution < -0.4 is 10.2 Å². The predicted molar refractivity (Wildman–Crippen MR) is 116 cm³/mol. The molecule has 0 spiro atoms. The first kappa shape index (κ1) is 21.9. The van der Waals surface area contributed by atoms with Crippen LogP contribution in [0.3, 0.4) is 0 Å². The van der Waals surface area contributed by atoms with E-state index < -0.39 is 18.3 Å². The number of hydrogen-bond acceptors (Lipinski definition) is 3. The van der Waals surface area contributed by atoms with E-state index in [0.29, 0.717) is 11.1 Å². The fourth-order valence-electron chi connectivity index (χ4n) is 3.48. The van der Waals surface area contributed by atoms with Crippen molar-refractivity contribution in [2.75, 3.05) is 6.54 Å². The van der Waals surface area contributed by atoms with Crippen LogP contribution in [0.15, 0.2) is 59.1 Å². The van der Waals surface area contributed by atoms with E-state index in [0.717, 1.165) is 23.4 Å². The molecule has 2 aromatic carbocycles.